The first-order valence-electron chi connectivity index (χ1n) is 12.9. The number of nitrogens with zero attached hydrogens (tertiary/aromatic N) is 1. The largest absolute Gasteiger partial charge is 0.377 e. The molecule has 2 heteroatoms. The first-order valence-corrected chi connectivity index (χ1v) is 12.9. The van der Waals surface area contributed by atoms with Crippen molar-refractivity contribution < 1.29 is 4.74 Å². The van der Waals surface area contributed by atoms with Gasteiger partial charge in [0, 0.05) is 37.0 Å². The topological polar surface area (TPSA) is 12.5 Å². The predicted molar refractivity (Wildman–Crippen MR) is 151 cm³/mol. The molecule has 2 nitrogen and oxygen atoms in total. The van der Waals surface area contributed by atoms with Crippen LogP contribution in [0.3, 0.4) is 0 Å². The number of rotatable bonds is 3. The molecule has 2 saturated heterocycles. The van der Waals surface area contributed by atoms with Gasteiger partial charge in [0.25, 0.3) is 0 Å². The molecule has 0 radical (unpaired) electrons. The van der Waals surface area contributed by atoms with Crippen molar-refractivity contribution in [2.24, 2.45) is 0 Å². The van der Waals surface area contributed by atoms with Crippen LogP contribution in [0, 0.1) is 0 Å². The van der Waals surface area contributed by atoms with Gasteiger partial charge in [0.2, 0.25) is 0 Å². The number of hydrogen-bond acceptors (Lipinski definition) is 2. The Morgan fingerprint density at radius 1 is 0.500 bits per heavy atom. The maximum atomic E-state index is 6.30. The Hall–Kier alpha value is -3.88. The summed E-state index contributed by atoms with van der Waals surface area (Å²) in [6.45, 7) is 0. The van der Waals surface area contributed by atoms with Crippen LogP contribution >= 0.6 is 0 Å². The summed E-state index contributed by atoms with van der Waals surface area (Å²) in [4.78, 5) is 2.22. The minimum Gasteiger partial charge on any atom is -0.377 e. The van der Waals surface area contributed by atoms with Crippen molar-refractivity contribution in [3.8, 4) is 0 Å². The van der Waals surface area contributed by atoms with Gasteiger partial charge in [0.1, 0.15) is 0 Å². The van der Waals surface area contributed by atoms with Crippen molar-refractivity contribution in [3.05, 3.63) is 114 Å². The van der Waals surface area contributed by atoms with Gasteiger partial charge in [0.15, 0.2) is 0 Å². The first-order chi connectivity index (χ1) is 17.7. The van der Waals surface area contributed by atoms with Crippen LogP contribution in [0.4, 0.5) is 5.69 Å². The average Bonchev–Trinajstić information content (AvgIpc) is 2.85. The summed E-state index contributed by atoms with van der Waals surface area (Å²) in [6.07, 6.45) is 0.485. The van der Waals surface area contributed by atoms with Crippen molar-refractivity contribution >= 4 is 48.8 Å². The summed E-state index contributed by atoms with van der Waals surface area (Å²) in [7, 11) is 4.27. The van der Waals surface area contributed by atoms with E-state index in [0.29, 0.717) is 11.8 Å². The zero-order valence-electron chi connectivity index (χ0n) is 20.5. The number of ether oxygens (including phenoxy) is 1. The van der Waals surface area contributed by atoms with Crippen molar-refractivity contribution in [2.75, 3.05) is 19.0 Å². The van der Waals surface area contributed by atoms with E-state index in [9.17, 15) is 0 Å². The van der Waals surface area contributed by atoms with Crippen molar-refractivity contribution in [3.63, 3.8) is 0 Å². The third-order valence-corrected chi connectivity index (χ3v) is 8.60. The molecule has 3 aliphatic rings. The van der Waals surface area contributed by atoms with Crippen molar-refractivity contribution in [1.29, 1.82) is 0 Å². The molecule has 2 heterocycles. The van der Waals surface area contributed by atoms with Crippen molar-refractivity contribution in [2.45, 2.75) is 24.0 Å². The highest BCUT2D eigenvalue weighted by Crippen LogP contribution is 2.63. The van der Waals surface area contributed by atoms with Crippen LogP contribution in [-0.2, 0) is 4.74 Å². The highest BCUT2D eigenvalue weighted by molar-refractivity contribution is 6.06. The standard InChI is InChI=1S/C34H27NO/c1-35(2)30-15-14-26(28-18-22-10-5-6-11-23(22)19-29(28)30)32-33-31(34(32)36-33)25-13-7-12-24-16-20-8-3-4-9-21(20)17-27(24)25/h3-19,31-34H,1-2H3. The van der Waals surface area contributed by atoms with Gasteiger partial charge in [-0.15, -0.1) is 0 Å². The molecular weight excluding hydrogens is 438 g/mol. The predicted octanol–water partition coefficient (Wildman–Crippen LogP) is 8.01. The van der Waals surface area contributed by atoms with E-state index in [1.807, 2.05) is 0 Å². The molecule has 1 saturated carbocycles. The van der Waals surface area contributed by atoms with Crippen LogP contribution in [0.5, 0.6) is 0 Å². The van der Waals surface area contributed by atoms with E-state index in [4.69, 9.17) is 4.74 Å². The van der Waals surface area contributed by atoms with Gasteiger partial charge in [-0.2, -0.15) is 0 Å². The van der Waals surface area contributed by atoms with Crippen LogP contribution in [-0.4, -0.2) is 26.3 Å². The van der Waals surface area contributed by atoms with Crippen LogP contribution < -0.4 is 4.90 Å². The lowest BCUT2D eigenvalue weighted by Gasteiger charge is -2.64. The molecule has 2 bridgehead atoms. The molecule has 0 spiro atoms. The fraction of sp³-hybridized carbons (Fsp3) is 0.176. The Morgan fingerprint density at radius 2 is 1.03 bits per heavy atom. The van der Waals surface area contributed by atoms with E-state index in [0.717, 1.165) is 0 Å². The number of hydrogen-bond donors (Lipinski definition) is 0. The summed E-state index contributed by atoms with van der Waals surface area (Å²) in [6, 6.07) is 38.2. The van der Waals surface area contributed by atoms with Gasteiger partial charge in [-0.25, -0.2) is 0 Å². The Kier molecular flexibility index (Phi) is 4.13. The second kappa shape index (κ2) is 7.32. The van der Waals surface area contributed by atoms with Crippen LogP contribution in [0.2, 0.25) is 0 Å². The lowest BCUT2D eigenvalue weighted by molar-refractivity contribution is -0.282. The number of anilines is 1. The lowest BCUT2D eigenvalue weighted by Crippen LogP contribution is -2.67. The van der Waals surface area contributed by atoms with E-state index in [1.165, 1.54) is 59.9 Å². The fourth-order valence-corrected chi connectivity index (χ4v) is 6.73. The highest BCUT2D eigenvalue weighted by atomic mass is 16.6. The van der Waals surface area contributed by atoms with Crippen molar-refractivity contribution in [1.82, 2.24) is 0 Å². The van der Waals surface area contributed by atoms with E-state index in [2.05, 4.69) is 122 Å². The molecule has 3 fully saturated rings. The SMILES string of the molecule is CN(C)c1ccc(C2C3OC2C3c2cccc3cc4ccccc4cc23)c2cc3ccccc3cc12. The second-order valence-corrected chi connectivity index (χ2v) is 10.7. The van der Waals surface area contributed by atoms with Gasteiger partial charge in [-0.05, 0) is 79.2 Å². The lowest BCUT2D eigenvalue weighted by atomic mass is 9.56. The molecular formula is C34H27NO. The minimum absolute atomic E-state index is 0.243. The Bertz CT molecular complexity index is 1820. The quantitative estimate of drug-likeness (QED) is 0.245. The maximum Gasteiger partial charge on any atom is 0.0767 e. The summed E-state index contributed by atoms with van der Waals surface area (Å²) in [5, 5.41) is 10.6. The summed E-state index contributed by atoms with van der Waals surface area (Å²) >= 11 is 0. The van der Waals surface area contributed by atoms with Gasteiger partial charge in [0.05, 0.1) is 12.2 Å². The van der Waals surface area contributed by atoms with Crippen LogP contribution in [0.25, 0.3) is 43.1 Å². The van der Waals surface area contributed by atoms with Crippen LogP contribution in [0.1, 0.15) is 23.0 Å². The fourth-order valence-electron chi connectivity index (χ4n) is 6.73. The third-order valence-electron chi connectivity index (χ3n) is 8.60. The Morgan fingerprint density at radius 3 is 1.64 bits per heavy atom. The maximum absolute atomic E-state index is 6.30. The van der Waals surface area contributed by atoms with Crippen LogP contribution in [0.15, 0.2) is 103 Å². The molecule has 6 aromatic carbocycles. The molecule has 2 aliphatic heterocycles. The zero-order chi connectivity index (χ0) is 24.0. The molecule has 1 aliphatic carbocycles. The molecule has 6 aromatic rings. The zero-order valence-corrected chi connectivity index (χ0v) is 20.5. The average molecular weight is 466 g/mol. The smallest absolute Gasteiger partial charge is 0.0767 e. The summed E-state index contributed by atoms with van der Waals surface area (Å²) in [5.74, 6) is 0.912. The summed E-state index contributed by atoms with van der Waals surface area (Å²) in [5.41, 5.74) is 4.14. The monoisotopic (exact) mass is 465 g/mol. The molecule has 0 amide bonds. The molecule has 174 valence electrons. The number of fused-ring (bicyclic) bond motifs is 4. The second-order valence-electron chi connectivity index (χ2n) is 10.7. The number of benzene rings is 6. The van der Waals surface area contributed by atoms with Gasteiger partial charge >= 0.3 is 0 Å². The Balaban J connectivity index is 1.23. The molecule has 9 rings (SSSR count). The third kappa shape index (κ3) is 2.71. The van der Waals surface area contributed by atoms with E-state index < -0.39 is 0 Å². The van der Waals surface area contributed by atoms with Gasteiger partial charge < -0.3 is 9.64 Å². The molecule has 2 unspecified atom stereocenters. The van der Waals surface area contributed by atoms with E-state index >= 15 is 0 Å². The summed E-state index contributed by atoms with van der Waals surface area (Å²) < 4.78 is 6.30. The molecule has 2 atom stereocenters. The van der Waals surface area contributed by atoms with Gasteiger partial charge in [-0.3, -0.25) is 0 Å². The van der Waals surface area contributed by atoms with E-state index in [1.54, 1.807) is 0 Å². The first kappa shape index (κ1) is 20.3. The highest BCUT2D eigenvalue weighted by Gasteiger charge is 2.64. The minimum atomic E-state index is 0.243. The molecule has 0 aromatic heterocycles. The van der Waals surface area contributed by atoms with E-state index in [-0.39, 0.29) is 12.2 Å². The molecule has 0 N–H and O–H groups in total. The molecule has 36 heavy (non-hydrogen) atoms. The normalized spacial score (nSPS) is 22.6. The van der Waals surface area contributed by atoms with Gasteiger partial charge in [-0.1, -0.05) is 72.8 Å². The Labute approximate surface area is 210 Å².